The number of carbonyl (C=O) groups excluding carboxylic acids is 1. The first kappa shape index (κ1) is 23.0. The van der Waals surface area contributed by atoms with Crippen LogP contribution in [0.1, 0.15) is 48.5 Å². The standard InChI is InChI=1S/C25H32N2O4S/c1-2-19-4-12-24(13-5-19)32(29,30)26-22-14-16-27(18-22)15-3-17-31-23-10-8-21(9-11-23)25(28)20-6-7-20/h4-5,8-13,20,22,26H,2-3,6-7,14-18H2,1H3. The number of rotatable bonds is 11. The molecule has 1 heterocycles. The molecule has 0 amide bonds. The largest absolute Gasteiger partial charge is 0.494 e. The normalized spacial score (nSPS) is 19.2. The van der Waals surface area contributed by atoms with Crippen molar-refractivity contribution >= 4 is 15.8 Å². The van der Waals surface area contributed by atoms with E-state index in [-0.39, 0.29) is 17.7 Å². The molecule has 2 aromatic carbocycles. The van der Waals surface area contributed by atoms with Crippen molar-refractivity contribution in [1.82, 2.24) is 9.62 Å². The van der Waals surface area contributed by atoms with E-state index in [1.807, 2.05) is 43.3 Å². The average molecular weight is 457 g/mol. The zero-order chi connectivity index (χ0) is 22.6. The Morgan fingerprint density at radius 1 is 1.06 bits per heavy atom. The fraction of sp³-hybridized carbons (Fsp3) is 0.480. The fourth-order valence-corrected chi connectivity index (χ4v) is 5.36. The smallest absolute Gasteiger partial charge is 0.240 e. The lowest BCUT2D eigenvalue weighted by Crippen LogP contribution is -2.37. The van der Waals surface area contributed by atoms with E-state index in [9.17, 15) is 13.2 Å². The SMILES string of the molecule is CCc1ccc(S(=O)(=O)NC2CCN(CCCOc3ccc(C(=O)C4CC4)cc3)C2)cc1. The second-order valence-electron chi connectivity index (χ2n) is 8.77. The van der Waals surface area contributed by atoms with Gasteiger partial charge in [0.15, 0.2) is 5.78 Å². The third-order valence-corrected chi connectivity index (χ3v) is 7.75. The van der Waals surface area contributed by atoms with E-state index < -0.39 is 10.0 Å². The molecule has 1 unspecified atom stereocenters. The molecular weight excluding hydrogens is 424 g/mol. The molecule has 2 fully saturated rings. The third kappa shape index (κ3) is 5.97. The maximum Gasteiger partial charge on any atom is 0.240 e. The summed E-state index contributed by atoms with van der Waals surface area (Å²) in [4.78, 5) is 14.7. The molecule has 32 heavy (non-hydrogen) atoms. The maximum atomic E-state index is 12.6. The molecule has 1 aliphatic heterocycles. The van der Waals surface area contributed by atoms with Gasteiger partial charge in [0.1, 0.15) is 5.75 Å². The third-order valence-electron chi connectivity index (χ3n) is 6.21. The van der Waals surface area contributed by atoms with Gasteiger partial charge < -0.3 is 9.64 Å². The minimum atomic E-state index is -3.49. The van der Waals surface area contributed by atoms with E-state index in [4.69, 9.17) is 4.74 Å². The Bertz CT molecular complexity index is 1010. The highest BCUT2D eigenvalue weighted by atomic mass is 32.2. The Balaban J connectivity index is 1.17. The number of carbonyl (C=O) groups is 1. The van der Waals surface area contributed by atoms with Crippen molar-refractivity contribution in [3.8, 4) is 5.75 Å². The number of ether oxygens (including phenoxy) is 1. The minimum Gasteiger partial charge on any atom is -0.494 e. The summed E-state index contributed by atoms with van der Waals surface area (Å²) >= 11 is 0. The number of hydrogen-bond acceptors (Lipinski definition) is 5. The van der Waals surface area contributed by atoms with Gasteiger partial charge in [-0.2, -0.15) is 0 Å². The van der Waals surface area contributed by atoms with Crippen molar-refractivity contribution in [3.63, 3.8) is 0 Å². The number of aryl methyl sites for hydroxylation is 1. The van der Waals surface area contributed by atoms with Crippen LogP contribution in [0.3, 0.4) is 0 Å². The van der Waals surface area contributed by atoms with Gasteiger partial charge in [0.25, 0.3) is 0 Å². The summed E-state index contributed by atoms with van der Waals surface area (Å²) in [5.41, 5.74) is 1.90. The Hall–Kier alpha value is -2.22. The summed E-state index contributed by atoms with van der Waals surface area (Å²) in [6, 6.07) is 14.5. The number of nitrogens with one attached hydrogen (secondary N) is 1. The van der Waals surface area contributed by atoms with Crippen LogP contribution in [0.2, 0.25) is 0 Å². The molecule has 1 N–H and O–H groups in total. The molecule has 0 spiro atoms. The molecule has 0 bridgehead atoms. The lowest BCUT2D eigenvalue weighted by molar-refractivity contribution is 0.0967. The first-order valence-corrected chi connectivity index (χ1v) is 13.0. The molecule has 172 valence electrons. The van der Waals surface area contributed by atoms with Crippen LogP contribution >= 0.6 is 0 Å². The minimum absolute atomic E-state index is 0.0664. The summed E-state index contributed by atoms with van der Waals surface area (Å²) in [6.07, 6.45) is 4.59. The van der Waals surface area contributed by atoms with Crippen molar-refractivity contribution in [3.05, 3.63) is 59.7 Å². The van der Waals surface area contributed by atoms with Crippen LogP contribution in [0.4, 0.5) is 0 Å². The van der Waals surface area contributed by atoms with E-state index in [0.717, 1.165) is 62.1 Å². The van der Waals surface area contributed by atoms with Gasteiger partial charge in [0.05, 0.1) is 11.5 Å². The molecule has 1 saturated carbocycles. The highest BCUT2D eigenvalue weighted by molar-refractivity contribution is 7.89. The van der Waals surface area contributed by atoms with Crippen molar-refractivity contribution in [2.45, 2.75) is 50.0 Å². The Kier molecular flexibility index (Phi) is 7.28. The van der Waals surface area contributed by atoms with Crippen LogP contribution in [0.5, 0.6) is 5.75 Å². The number of likely N-dealkylation sites (tertiary alicyclic amines) is 1. The molecule has 0 aromatic heterocycles. The summed E-state index contributed by atoms with van der Waals surface area (Å²) in [6.45, 7) is 5.09. The number of ketones is 1. The van der Waals surface area contributed by atoms with Crippen LogP contribution in [0, 0.1) is 5.92 Å². The first-order chi connectivity index (χ1) is 15.4. The number of hydrogen-bond donors (Lipinski definition) is 1. The molecule has 1 saturated heterocycles. The summed E-state index contributed by atoms with van der Waals surface area (Å²) in [7, 11) is -3.49. The predicted molar refractivity (Wildman–Crippen MR) is 125 cm³/mol. The first-order valence-electron chi connectivity index (χ1n) is 11.6. The monoisotopic (exact) mass is 456 g/mol. The number of sulfonamides is 1. The van der Waals surface area contributed by atoms with Crippen molar-refractivity contribution in [2.24, 2.45) is 5.92 Å². The van der Waals surface area contributed by atoms with Gasteiger partial charge in [-0.25, -0.2) is 13.1 Å². The molecule has 0 radical (unpaired) electrons. The quantitative estimate of drug-likeness (QED) is 0.413. The molecule has 1 aliphatic carbocycles. The molecule has 2 aliphatic rings. The molecule has 4 rings (SSSR count). The van der Waals surface area contributed by atoms with Gasteiger partial charge in [-0.15, -0.1) is 0 Å². The number of benzene rings is 2. The van der Waals surface area contributed by atoms with Crippen LogP contribution in [-0.4, -0.2) is 51.4 Å². The van der Waals surface area contributed by atoms with Crippen LogP contribution in [0.15, 0.2) is 53.4 Å². The van der Waals surface area contributed by atoms with Gasteiger partial charge in [-0.3, -0.25) is 4.79 Å². The molecule has 6 nitrogen and oxygen atoms in total. The van der Waals surface area contributed by atoms with Gasteiger partial charge >= 0.3 is 0 Å². The van der Waals surface area contributed by atoms with Crippen molar-refractivity contribution < 1.29 is 17.9 Å². The van der Waals surface area contributed by atoms with Gasteiger partial charge in [-0.1, -0.05) is 19.1 Å². The van der Waals surface area contributed by atoms with Gasteiger partial charge in [0.2, 0.25) is 10.0 Å². The Morgan fingerprint density at radius 2 is 1.78 bits per heavy atom. The number of Topliss-reactive ketones (excluding diaryl/α,β-unsaturated/α-hetero) is 1. The summed E-state index contributed by atoms with van der Waals surface area (Å²) < 4.78 is 34.0. The highest BCUT2D eigenvalue weighted by Crippen LogP contribution is 2.32. The van der Waals surface area contributed by atoms with Crippen LogP contribution in [0.25, 0.3) is 0 Å². The predicted octanol–water partition coefficient (Wildman–Crippen LogP) is 3.66. The molecule has 2 aromatic rings. The van der Waals surface area contributed by atoms with Gasteiger partial charge in [-0.05, 0) is 80.6 Å². The van der Waals surface area contributed by atoms with Crippen molar-refractivity contribution in [2.75, 3.05) is 26.2 Å². The summed E-state index contributed by atoms with van der Waals surface area (Å²) in [5.74, 6) is 1.25. The fourth-order valence-electron chi connectivity index (χ4n) is 4.10. The lowest BCUT2D eigenvalue weighted by Gasteiger charge is -2.17. The second kappa shape index (κ2) is 10.1. The Morgan fingerprint density at radius 3 is 2.44 bits per heavy atom. The second-order valence-corrected chi connectivity index (χ2v) is 10.5. The zero-order valence-electron chi connectivity index (χ0n) is 18.6. The van der Waals surface area contributed by atoms with Gasteiger partial charge in [0, 0.05) is 30.6 Å². The van der Waals surface area contributed by atoms with E-state index in [1.54, 1.807) is 12.1 Å². The number of nitrogens with zero attached hydrogens (tertiary/aromatic N) is 1. The average Bonchev–Trinajstić information content (AvgIpc) is 3.57. The zero-order valence-corrected chi connectivity index (χ0v) is 19.4. The maximum absolute atomic E-state index is 12.6. The van der Waals surface area contributed by atoms with E-state index in [1.165, 1.54) is 0 Å². The topological polar surface area (TPSA) is 75.7 Å². The Labute approximate surface area is 191 Å². The molecule has 7 heteroatoms. The van der Waals surface area contributed by atoms with Crippen LogP contribution in [-0.2, 0) is 16.4 Å². The molecular formula is C25H32N2O4S. The highest BCUT2D eigenvalue weighted by Gasteiger charge is 2.30. The van der Waals surface area contributed by atoms with Crippen molar-refractivity contribution in [1.29, 1.82) is 0 Å². The van der Waals surface area contributed by atoms with E-state index in [0.29, 0.717) is 18.0 Å². The van der Waals surface area contributed by atoms with E-state index >= 15 is 0 Å². The van der Waals surface area contributed by atoms with Crippen LogP contribution < -0.4 is 9.46 Å². The summed E-state index contributed by atoms with van der Waals surface area (Å²) in [5, 5.41) is 0. The lowest BCUT2D eigenvalue weighted by atomic mass is 10.1. The molecule has 1 atom stereocenters. The van der Waals surface area contributed by atoms with E-state index in [2.05, 4.69) is 9.62 Å².